The van der Waals surface area contributed by atoms with Crippen molar-refractivity contribution in [2.45, 2.75) is 44.2 Å². The number of carboxylic acid groups (broad SMARTS) is 1. The fourth-order valence-corrected chi connectivity index (χ4v) is 3.55. The topological polar surface area (TPSA) is 100 Å². The minimum absolute atomic E-state index is 0.0183. The van der Waals surface area contributed by atoms with E-state index >= 15 is 0 Å². The summed E-state index contributed by atoms with van der Waals surface area (Å²) in [5.74, 6) is -0.0896. The van der Waals surface area contributed by atoms with Crippen LogP contribution >= 0.6 is 0 Å². The molecule has 2 unspecified atom stereocenters. The van der Waals surface area contributed by atoms with Crippen molar-refractivity contribution in [2.75, 3.05) is 6.54 Å². The molecule has 1 fully saturated rings. The van der Waals surface area contributed by atoms with E-state index in [0.29, 0.717) is 19.4 Å². The maximum absolute atomic E-state index is 12.9. The molecule has 27 heavy (non-hydrogen) atoms. The van der Waals surface area contributed by atoms with E-state index in [1.165, 1.54) is 0 Å². The van der Waals surface area contributed by atoms with Crippen molar-refractivity contribution < 1.29 is 14.7 Å². The number of aryl methyl sites for hydroxylation is 1. The molecule has 1 aliphatic heterocycles. The number of amides is 2. The number of benzene rings is 1. The van der Waals surface area contributed by atoms with E-state index in [-0.39, 0.29) is 24.5 Å². The van der Waals surface area contributed by atoms with Crippen LogP contribution in [0.1, 0.15) is 43.1 Å². The molecular formula is C19H25N5O3. The first-order chi connectivity index (χ1) is 13.0. The highest BCUT2D eigenvalue weighted by molar-refractivity contribution is 5.75. The average Bonchev–Trinajstić information content (AvgIpc) is 3.29. The van der Waals surface area contributed by atoms with E-state index < -0.39 is 5.97 Å². The molecule has 0 aliphatic carbocycles. The summed E-state index contributed by atoms with van der Waals surface area (Å²) in [5, 5.41) is 20.1. The Labute approximate surface area is 158 Å². The number of carboxylic acids is 1. The summed E-state index contributed by atoms with van der Waals surface area (Å²) < 4.78 is 1.84. The molecule has 1 aliphatic rings. The minimum Gasteiger partial charge on any atom is -0.481 e. The van der Waals surface area contributed by atoms with E-state index in [1.54, 1.807) is 11.2 Å². The lowest BCUT2D eigenvalue weighted by Gasteiger charge is -2.27. The number of aromatic nitrogens is 3. The predicted molar refractivity (Wildman–Crippen MR) is 99.0 cm³/mol. The number of carbonyl (C=O) groups excluding carboxylic acids is 1. The van der Waals surface area contributed by atoms with E-state index in [9.17, 15) is 9.59 Å². The Kier molecular flexibility index (Phi) is 6.05. The normalized spacial score (nSPS) is 17.7. The predicted octanol–water partition coefficient (Wildman–Crippen LogP) is 2.14. The molecule has 0 radical (unpaired) electrons. The molecule has 8 heteroatoms. The Balaban J connectivity index is 1.69. The van der Waals surface area contributed by atoms with Crippen LogP contribution in [0, 0.1) is 0 Å². The average molecular weight is 371 g/mol. The lowest BCUT2D eigenvalue weighted by molar-refractivity contribution is -0.137. The van der Waals surface area contributed by atoms with Gasteiger partial charge in [-0.05, 0) is 31.2 Å². The van der Waals surface area contributed by atoms with Gasteiger partial charge in [-0.1, -0.05) is 30.3 Å². The molecule has 0 bridgehead atoms. The molecule has 2 aromatic rings. The van der Waals surface area contributed by atoms with Gasteiger partial charge in [-0.3, -0.25) is 4.79 Å². The summed E-state index contributed by atoms with van der Waals surface area (Å²) in [6.07, 6.45) is 4.39. The van der Waals surface area contributed by atoms with Crippen molar-refractivity contribution in [3.63, 3.8) is 0 Å². The van der Waals surface area contributed by atoms with Crippen LogP contribution in [-0.2, 0) is 18.3 Å². The van der Waals surface area contributed by atoms with Gasteiger partial charge < -0.3 is 19.9 Å². The fraction of sp³-hybridized carbons (Fsp3) is 0.474. The Bertz CT molecular complexity index is 777. The zero-order valence-electron chi connectivity index (χ0n) is 15.4. The minimum atomic E-state index is -0.861. The van der Waals surface area contributed by atoms with Crippen LogP contribution in [0.15, 0.2) is 36.7 Å². The third kappa shape index (κ3) is 4.84. The summed E-state index contributed by atoms with van der Waals surface area (Å²) >= 11 is 0. The Morgan fingerprint density at radius 3 is 2.78 bits per heavy atom. The van der Waals surface area contributed by atoms with Crippen LogP contribution in [0.2, 0.25) is 0 Å². The highest BCUT2D eigenvalue weighted by Gasteiger charge is 2.33. The lowest BCUT2D eigenvalue weighted by atomic mass is 10.0. The zero-order chi connectivity index (χ0) is 19.2. The number of likely N-dealkylation sites (tertiary alicyclic amines) is 1. The van der Waals surface area contributed by atoms with Crippen molar-refractivity contribution in [1.82, 2.24) is 25.0 Å². The summed E-state index contributed by atoms with van der Waals surface area (Å²) in [4.78, 5) is 25.7. The number of carbonyl (C=O) groups is 2. The molecule has 2 amide bonds. The zero-order valence-corrected chi connectivity index (χ0v) is 15.4. The second kappa shape index (κ2) is 8.66. The van der Waals surface area contributed by atoms with Crippen LogP contribution in [0.5, 0.6) is 0 Å². The smallest absolute Gasteiger partial charge is 0.318 e. The molecule has 2 heterocycles. The van der Waals surface area contributed by atoms with Crippen molar-refractivity contribution in [3.05, 3.63) is 48.0 Å². The highest BCUT2D eigenvalue weighted by Crippen LogP contribution is 2.30. The molecule has 144 valence electrons. The van der Waals surface area contributed by atoms with Gasteiger partial charge in [0, 0.05) is 26.1 Å². The number of rotatable bonds is 7. The van der Waals surface area contributed by atoms with Crippen molar-refractivity contribution >= 4 is 12.0 Å². The first kappa shape index (κ1) is 18.9. The van der Waals surface area contributed by atoms with E-state index in [4.69, 9.17) is 5.11 Å². The largest absolute Gasteiger partial charge is 0.481 e. The van der Waals surface area contributed by atoms with Gasteiger partial charge in [-0.2, -0.15) is 0 Å². The van der Waals surface area contributed by atoms with Gasteiger partial charge in [-0.25, -0.2) is 4.79 Å². The van der Waals surface area contributed by atoms with Crippen LogP contribution in [-0.4, -0.2) is 49.4 Å². The molecule has 0 spiro atoms. The van der Waals surface area contributed by atoms with E-state index in [0.717, 1.165) is 24.2 Å². The molecule has 2 N–H and O–H groups in total. The fourth-order valence-electron chi connectivity index (χ4n) is 3.55. The maximum Gasteiger partial charge on any atom is 0.318 e. The van der Waals surface area contributed by atoms with Crippen molar-refractivity contribution in [3.8, 4) is 0 Å². The Morgan fingerprint density at radius 2 is 2.11 bits per heavy atom. The quantitative estimate of drug-likeness (QED) is 0.777. The second-order valence-electron chi connectivity index (χ2n) is 6.92. The van der Waals surface area contributed by atoms with Gasteiger partial charge in [0.2, 0.25) is 0 Å². The molecule has 1 saturated heterocycles. The van der Waals surface area contributed by atoms with Crippen molar-refractivity contribution in [1.29, 1.82) is 0 Å². The summed E-state index contributed by atoms with van der Waals surface area (Å²) in [6, 6.07) is 9.27. The summed E-state index contributed by atoms with van der Waals surface area (Å²) in [5.41, 5.74) is 1.07. The molecule has 0 saturated carbocycles. The maximum atomic E-state index is 12.9. The molecule has 1 aromatic heterocycles. The number of nitrogens with one attached hydrogen (secondary N) is 1. The molecule has 1 aromatic carbocycles. The summed E-state index contributed by atoms with van der Waals surface area (Å²) in [6.45, 7) is 0.653. The molecule has 2 atom stereocenters. The Morgan fingerprint density at radius 1 is 1.33 bits per heavy atom. The number of hydrogen-bond donors (Lipinski definition) is 2. The third-order valence-electron chi connectivity index (χ3n) is 4.92. The SMILES string of the molecule is Cn1cnnc1C1CCCN1C(=O)NC(CCC(=O)O)Cc1ccccc1. The van der Waals surface area contributed by atoms with Crippen LogP contribution < -0.4 is 5.32 Å². The first-order valence-electron chi connectivity index (χ1n) is 9.21. The lowest BCUT2D eigenvalue weighted by Crippen LogP contribution is -2.45. The van der Waals surface area contributed by atoms with E-state index in [2.05, 4.69) is 15.5 Å². The Hall–Kier alpha value is -2.90. The van der Waals surface area contributed by atoms with E-state index in [1.807, 2.05) is 41.9 Å². The van der Waals surface area contributed by atoms with Crippen LogP contribution in [0.25, 0.3) is 0 Å². The van der Waals surface area contributed by atoms with Crippen LogP contribution in [0.3, 0.4) is 0 Å². The third-order valence-corrected chi connectivity index (χ3v) is 4.92. The van der Waals surface area contributed by atoms with Gasteiger partial charge in [-0.15, -0.1) is 10.2 Å². The number of nitrogens with zero attached hydrogens (tertiary/aromatic N) is 4. The first-order valence-corrected chi connectivity index (χ1v) is 9.21. The highest BCUT2D eigenvalue weighted by atomic mass is 16.4. The van der Waals surface area contributed by atoms with Crippen molar-refractivity contribution in [2.24, 2.45) is 7.05 Å². The molecule has 3 rings (SSSR count). The van der Waals surface area contributed by atoms with Gasteiger partial charge in [0.1, 0.15) is 6.33 Å². The summed E-state index contributed by atoms with van der Waals surface area (Å²) in [7, 11) is 1.87. The number of hydrogen-bond acceptors (Lipinski definition) is 4. The van der Waals surface area contributed by atoms with Gasteiger partial charge in [0.05, 0.1) is 6.04 Å². The van der Waals surface area contributed by atoms with Gasteiger partial charge >= 0.3 is 12.0 Å². The number of aliphatic carboxylic acids is 1. The second-order valence-corrected chi connectivity index (χ2v) is 6.92. The van der Waals surface area contributed by atoms with Crippen LogP contribution in [0.4, 0.5) is 4.79 Å². The number of urea groups is 1. The van der Waals surface area contributed by atoms with Gasteiger partial charge in [0.15, 0.2) is 5.82 Å². The molecular weight excluding hydrogens is 346 g/mol. The van der Waals surface area contributed by atoms with Gasteiger partial charge in [0.25, 0.3) is 0 Å². The molecule has 8 nitrogen and oxygen atoms in total. The standard InChI is InChI=1S/C19H25N5O3/c1-23-13-20-22-18(23)16-8-5-11-24(16)19(27)21-15(9-10-17(25)26)12-14-6-3-2-4-7-14/h2-4,6-7,13,15-16H,5,8-12H2,1H3,(H,21,27)(H,25,26). The monoisotopic (exact) mass is 371 g/mol.